The van der Waals surface area contributed by atoms with Crippen molar-refractivity contribution in [1.82, 2.24) is 0 Å². The summed E-state index contributed by atoms with van der Waals surface area (Å²) in [5, 5.41) is -4.55. The van der Waals surface area contributed by atoms with E-state index in [1.165, 1.54) is 12.1 Å². The Morgan fingerprint density at radius 3 is 2.22 bits per heavy atom. The number of hydrogen-bond acceptors (Lipinski definition) is 4. The fraction of sp³-hybridized carbons (Fsp3) is 0.133. The van der Waals surface area contributed by atoms with E-state index in [1.54, 1.807) is 6.07 Å². The largest absolute Gasteiger partial charge is 0.454 e. The molecule has 0 bridgehead atoms. The second-order valence-electron chi connectivity index (χ2n) is 4.99. The van der Waals surface area contributed by atoms with Crippen LogP contribution in [0.5, 0.6) is 0 Å². The molecule has 0 amide bonds. The lowest BCUT2D eigenvalue weighted by Crippen LogP contribution is -2.34. The minimum Gasteiger partial charge on any atom is -0.454 e. The Morgan fingerprint density at radius 2 is 1.61 bits per heavy atom. The maximum absolute atomic E-state index is 13.0. The molecule has 0 unspecified atom stereocenters. The number of hydrogen-bond donors (Lipinski definition) is 1. The van der Waals surface area contributed by atoms with Gasteiger partial charge < -0.3 is 4.74 Å². The van der Waals surface area contributed by atoms with Crippen LogP contribution in [0.4, 0.5) is 8.78 Å². The van der Waals surface area contributed by atoms with Crippen LogP contribution in [0.3, 0.4) is 0 Å². The van der Waals surface area contributed by atoms with Crippen molar-refractivity contribution in [2.75, 3.05) is 6.61 Å². The van der Waals surface area contributed by atoms with Gasteiger partial charge in [-0.1, -0.05) is 30.3 Å². The van der Waals surface area contributed by atoms with E-state index in [9.17, 15) is 22.0 Å². The van der Waals surface area contributed by atoms with E-state index >= 15 is 0 Å². The summed E-state index contributed by atoms with van der Waals surface area (Å²) in [6.07, 6.45) is 0. The zero-order chi connectivity index (χ0) is 16.8. The molecule has 5 nitrogen and oxygen atoms in total. The van der Waals surface area contributed by atoms with E-state index in [1.807, 2.05) is 24.3 Å². The molecule has 0 heterocycles. The van der Waals surface area contributed by atoms with Gasteiger partial charge in [-0.3, -0.25) is 4.55 Å². The van der Waals surface area contributed by atoms with Gasteiger partial charge in [0.25, 0.3) is 0 Å². The minimum atomic E-state index is -5.63. The molecule has 1 aliphatic carbocycles. The van der Waals surface area contributed by atoms with Crippen LogP contribution in [0.2, 0.25) is 0 Å². The van der Waals surface area contributed by atoms with Gasteiger partial charge in [-0.2, -0.15) is 17.2 Å². The third-order valence-corrected chi connectivity index (χ3v) is 4.38. The van der Waals surface area contributed by atoms with Gasteiger partial charge in [-0.05, 0) is 34.4 Å². The van der Waals surface area contributed by atoms with Gasteiger partial charge in [-0.15, -0.1) is 0 Å². The van der Waals surface area contributed by atoms with Crippen LogP contribution in [0.1, 0.15) is 10.4 Å². The van der Waals surface area contributed by atoms with Crippen molar-refractivity contribution in [2.24, 2.45) is 0 Å². The van der Waals surface area contributed by atoms with Crippen molar-refractivity contribution in [1.29, 1.82) is 0 Å². The molecule has 2 aromatic rings. The fourth-order valence-electron chi connectivity index (χ4n) is 2.33. The molecule has 1 N–H and O–H groups in total. The van der Waals surface area contributed by atoms with Gasteiger partial charge in [0, 0.05) is 0 Å². The first-order valence-electron chi connectivity index (χ1n) is 6.46. The Hall–Kier alpha value is -2.32. The van der Waals surface area contributed by atoms with Crippen LogP contribution in [-0.4, -0.2) is 30.8 Å². The highest BCUT2D eigenvalue weighted by Gasteiger charge is 2.45. The Bertz CT molecular complexity index is 906. The molecule has 1 aliphatic rings. The Balaban J connectivity index is 1.77. The number of carbonyl (C=O) groups is 1. The number of halogens is 2. The third-order valence-electron chi connectivity index (χ3n) is 3.51. The molecule has 23 heavy (non-hydrogen) atoms. The lowest BCUT2D eigenvalue weighted by molar-refractivity contribution is -0.00950. The van der Waals surface area contributed by atoms with Gasteiger partial charge in [0.05, 0.1) is 5.56 Å². The summed E-state index contributed by atoms with van der Waals surface area (Å²) in [6, 6.07) is 12.0. The molecule has 0 fully saturated rings. The quantitative estimate of drug-likeness (QED) is 0.583. The van der Waals surface area contributed by atoms with Crippen molar-refractivity contribution < 1.29 is 31.3 Å². The SMILES string of the molecule is O=C(OCC(F)(F)S(=O)(=O)O)c1ccc2c(c1)-c1ccccc1-2. The van der Waals surface area contributed by atoms with E-state index in [4.69, 9.17) is 4.55 Å². The predicted molar refractivity (Wildman–Crippen MR) is 77.7 cm³/mol. The second kappa shape index (κ2) is 5.10. The first-order valence-corrected chi connectivity index (χ1v) is 7.90. The van der Waals surface area contributed by atoms with Crippen molar-refractivity contribution in [3.63, 3.8) is 0 Å². The van der Waals surface area contributed by atoms with E-state index in [0.29, 0.717) is 0 Å². The Labute approximate surface area is 130 Å². The van der Waals surface area contributed by atoms with Crippen LogP contribution in [-0.2, 0) is 14.9 Å². The molecular formula is C15H10F2O5S. The molecule has 2 aromatic carbocycles. The zero-order valence-corrected chi connectivity index (χ0v) is 12.3. The topological polar surface area (TPSA) is 80.7 Å². The van der Waals surface area contributed by atoms with Crippen LogP contribution >= 0.6 is 0 Å². The minimum absolute atomic E-state index is 0.0180. The highest BCUT2D eigenvalue weighted by Crippen LogP contribution is 2.47. The Morgan fingerprint density at radius 1 is 1.04 bits per heavy atom. The van der Waals surface area contributed by atoms with Crippen LogP contribution in [0, 0.1) is 0 Å². The summed E-state index contributed by atoms with van der Waals surface area (Å²) in [5.74, 6) is -1.10. The van der Waals surface area contributed by atoms with Gasteiger partial charge in [0.15, 0.2) is 6.61 Å². The fourth-order valence-corrected chi connectivity index (χ4v) is 2.53. The lowest BCUT2D eigenvalue weighted by Gasteiger charge is -2.24. The standard InChI is InChI=1S/C15H10F2O5S/c16-15(17,23(19,20)21)8-22-14(18)9-5-6-12-10-3-1-2-4-11(10)13(12)7-9/h1-7H,8H2,(H,19,20,21). The van der Waals surface area contributed by atoms with E-state index in [0.717, 1.165) is 22.3 Å². The van der Waals surface area contributed by atoms with Crippen molar-refractivity contribution in [2.45, 2.75) is 5.25 Å². The number of fused-ring (bicyclic) bond motifs is 4. The number of ether oxygens (including phenoxy) is 1. The van der Waals surface area contributed by atoms with Gasteiger partial charge in [-0.25, -0.2) is 4.79 Å². The number of carbonyl (C=O) groups excluding carboxylic acids is 1. The summed E-state index contributed by atoms with van der Waals surface area (Å²) < 4.78 is 59.7. The van der Waals surface area contributed by atoms with Crippen LogP contribution in [0.25, 0.3) is 22.3 Å². The van der Waals surface area contributed by atoms with E-state index in [2.05, 4.69) is 4.74 Å². The maximum Gasteiger partial charge on any atom is 0.402 e. The Kier molecular flexibility index (Phi) is 3.46. The first-order chi connectivity index (χ1) is 10.7. The molecule has 0 atom stereocenters. The number of rotatable bonds is 4. The summed E-state index contributed by atoms with van der Waals surface area (Å²) >= 11 is 0. The summed E-state index contributed by atoms with van der Waals surface area (Å²) in [6.45, 7) is -1.75. The van der Waals surface area contributed by atoms with E-state index in [-0.39, 0.29) is 5.56 Å². The second-order valence-corrected chi connectivity index (χ2v) is 6.54. The predicted octanol–water partition coefficient (Wildman–Crippen LogP) is 2.97. The number of benzene rings is 2. The smallest absolute Gasteiger partial charge is 0.402 e. The summed E-state index contributed by atoms with van der Waals surface area (Å²) in [5.41, 5.74) is 3.70. The normalized spacial score (nSPS) is 12.8. The molecule has 0 saturated heterocycles. The highest BCUT2D eigenvalue weighted by molar-refractivity contribution is 7.86. The molecule has 0 aromatic heterocycles. The highest BCUT2D eigenvalue weighted by atomic mass is 32.2. The van der Waals surface area contributed by atoms with Crippen LogP contribution < -0.4 is 0 Å². The summed E-state index contributed by atoms with van der Waals surface area (Å²) in [4.78, 5) is 11.8. The van der Waals surface area contributed by atoms with Gasteiger partial charge in [0.2, 0.25) is 0 Å². The lowest BCUT2D eigenvalue weighted by atomic mass is 9.80. The van der Waals surface area contributed by atoms with Gasteiger partial charge >= 0.3 is 21.3 Å². The van der Waals surface area contributed by atoms with Gasteiger partial charge in [0.1, 0.15) is 0 Å². The summed E-state index contributed by atoms with van der Waals surface area (Å²) in [7, 11) is -5.63. The third kappa shape index (κ3) is 2.60. The molecule has 0 radical (unpaired) electrons. The molecule has 0 aliphatic heterocycles. The average molecular weight is 340 g/mol. The molecule has 8 heteroatoms. The van der Waals surface area contributed by atoms with Crippen molar-refractivity contribution in [3.8, 4) is 22.3 Å². The molecular weight excluding hydrogens is 330 g/mol. The molecule has 0 saturated carbocycles. The van der Waals surface area contributed by atoms with E-state index < -0.39 is 27.9 Å². The maximum atomic E-state index is 13.0. The number of esters is 1. The molecule has 120 valence electrons. The van der Waals surface area contributed by atoms with Crippen molar-refractivity contribution >= 4 is 16.1 Å². The van der Waals surface area contributed by atoms with Crippen molar-refractivity contribution in [3.05, 3.63) is 48.0 Å². The number of alkyl halides is 2. The first kappa shape index (κ1) is 15.6. The molecule has 0 spiro atoms. The zero-order valence-electron chi connectivity index (χ0n) is 11.5. The van der Waals surface area contributed by atoms with Crippen LogP contribution in [0.15, 0.2) is 42.5 Å². The monoisotopic (exact) mass is 340 g/mol. The average Bonchev–Trinajstić information content (AvgIpc) is 2.48. The molecule has 3 rings (SSSR count).